The highest BCUT2D eigenvalue weighted by atomic mass is 19.4. The van der Waals surface area contributed by atoms with Crippen LogP contribution in [0.5, 0.6) is 0 Å². The number of nitrogens with zero attached hydrogens (tertiary/aromatic N) is 2. The fraction of sp³-hybridized carbons (Fsp3) is 0.750. The maximum Gasteiger partial charge on any atom is 0.434 e. The molecule has 1 aromatic heterocycles. The van der Waals surface area contributed by atoms with E-state index in [2.05, 4.69) is 20.6 Å². The van der Waals surface area contributed by atoms with Gasteiger partial charge in [-0.1, -0.05) is 0 Å². The molecular weight excluding hydrogens is 401 g/mol. The van der Waals surface area contributed by atoms with Gasteiger partial charge in [-0.3, -0.25) is 4.79 Å². The number of nitrogens with one attached hydrogen (secondary N) is 2. The molecule has 6 rings (SSSR count). The number of ether oxygens (including phenoxy) is 1. The molecule has 0 spiro atoms. The number of amides is 1. The SMILES string of the molecule is O=C(N[C@H]1C2CC3CC1C[C@@](O)(C3)C2)c1cnc(N[C@H]2CCOC2)nc1C(F)(F)F. The number of alkyl halides is 3. The lowest BCUT2D eigenvalue weighted by Gasteiger charge is -2.58. The topological polar surface area (TPSA) is 96.4 Å². The minimum absolute atomic E-state index is 0.101. The number of rotatable bonds is 4. The van der Waals surface area contributed by atoms with E-state index in [4.69, 9.17) is 4.74 Å². The third-order valence-corrected chi connectivity index (χ3v) is 7.10. The summed E-state index contributed by atoms with van der Waals surface area (Å²) in [6.07, 6.45) is 0.625. The minimum Gasteiger partial charge on any atom is -0.390 e. The van der Waals surface area contributed by atoms with Gasteiger partial charge in [0.15, 0.2) is 5.69 Å². The first-order valence-electron chi connectivity index (χ1n) is 10.5. The fourth-order valence-electron chi connectivity index (χ4n) is 6.11. The second-order valence-corrected chi connectivity index (χ2v) is 9.35. The van der Waals surface area contributed by atoms with E-state index in [0.29, 0.717) is 38.4 Å². The molecule has 4 bridgehead atoms. The molecule has 4 saturated carbocycles. The number of hydrogen-bond acceptors (Lipinski definition) is 6. The smallest absolute Gasteiger partial charge is 0.390 e. The summed E-state index contributed by atoms with van der Waals surface area (Å²) in [4.78, 5) is 20.4. The number of anilines is 1. The second kappa shape index (κ2) is 7.05. The monoisotopic (exact) mass is 426 g/mol. The molecule has 3 N–H and O–H groups in total. The zero-order valence-corrected chi connectivity index (χ0v) is 16.4. The average molecular weight is 426 g/mol. The maximum absolute atomic E-state index is 13.7. The van der Waals surface area contributed by atoms with Crippen molar-refractivity contribution in [1.29, 1.82) is 0 Å². The van der Waals surface area contributed by atoms with Crippen LogP contribution in [0.4, 0.5) is 19.1 Å². The Morgan fingerprint density at radius 3 is 2.57 bits per heavy atom. The maximum atomic E-state index is 13.7. The lowest BCUT2D eigenvalue weighted by Crippen LogP contribution is -2.61. The van der Waals surface area contributed by atoms with Gasteiger partial charge in [0, 0.05) is 18.8 Å². The quantitative estimate of drug-likeness (QED) is 0.684. The molecule has 1 saturated heterocycles. The van der Waals surface area contributed by atoms with Gasteiger partial charge in [0.25, 0.3) is 5.91 Å². The minimum atomic E-state index is -4.78. The van der Waals surface area contributed by atoms with Crippen molar-refractivity contribution in [1.82, 2.24) is 15.3 Å². The van der Waals surface area contributed by atoms with E-state index in [1.54, 1.807) is 0 Å². The Balaban J connectivity index is 1.36. The van der Waals surface area contributed by atoms with E-state index in [1.165, 1.54) is 0 Å². The fourth-order valence-corrected chi connectivity index (χ4v) is 6.11. The Morgan fingerprint density at radius 1 is 1.23 bits per heavy atom. The first-order chi connectivity index (χ1) is 14.2. The van der Waals surface area contributed by atoms with Gasteiger partial charge in [0.1, 0.15) is 0 Å². The molecule has 0 aromatic carbocycles. The zero-order valence-electron chi connectivity index (χ0n) is 16.4. The summed E-state index contributed by atoms with van der Waals surface area (Å²) in [5.41, 5.74) is -2.48. The number of carbonyl (C=O) groups excluding carboxylic acids is 1. The van der Waals surface area contributed by atoms with Crippen molar-refractivity contribution in [2.24, 2.45) is 17.8 Å². The number of hydrogen-bond donors (Lipinski definition) is 3. The zero-order chi connectivity index (χ0) is 21.1. The van der Waals surface area contributed by atoms with Crippen molar-refractivity contribution < 1.29 is 27.8 Å². The van der Waals surface area contributed by atoms with E-state index in [-0.39, 0.29) is 29.9 Å². The van der Waals surface area contributed by atoms with Crippen molar-refractivity contribution >= 4 is 11.9 Å². The van der Waals surface area contributed by atoms with E-state index in [1.807, 2.05) is 0 Å². The molecule has 3 atom stereocenters. The summed E-state index contributed by atoms with van der Waals surface area (Å²) in [6, 6.07) is -0.367. The molecule has 2 unspecified atom stereocenters. The number of carbonyl (C=O) groups is 1. The number of aromatic nitrogens is 2. The molecule has 30 heavy (non-hydrogen) atoms. The van der Waals surface area contributed by atoms with E-state index < -0.39 is 28.9 Å². The molecular formula is C20H25F3N4O3. The Hall–Kier alpha value is -1.94. The van der Waals surface area contributed by atoms with Gasteiger partial charge >= 0.3 is 6.18 Å². The van der Waals surface area contributed by atoms with Crippen molar-refractivity contribution in [3.8, 4) is 0 Å². The van der Waals surface area contributed by atoms with Crippen molar-refractivity contribution in [2.75, 3.05) is 18.5 Å². The molecule has 1 amide bonds. The van der Waals surface area contributed by atoms with Crippen LogP contribution in [-0.2, 0) is 10.9 Å². The van der Waals surface area contributed by atoms with Crippen LogP contribution in [0.3, 0.4) is 0 Å². The Bertz CT molecular complexity index is 827. The third-order valence-electron chi connectivity index (χ3n) is 7.10. The van der Waals surface area contributed by atoms with Crippen LogP contribution in [0.25, 0.3) is 0 Å². The number of aliphatic hydroxyl groups is 1. The summed E-state index contributed by atoms with van der Waals surface area (Å²) in [5, 5.41) is 16.3. The molecule has 5 aliphatic rings. The van der Waals surface area contributed by atoms with Crippen LogP contribution in [0, 0.1) is 17.8 Å². The summed E-state index contributed by atoms with van der Waals surface area (Å²) in [6.45, 7) is 0.911. The summed E-state index contributed by atoms with van der Waals surface area (Å²) < 4.78 is 46.2. The second-order valence-electron chi connectivity index (χ2n) is 9.35. The van der Waals surface area contributed by atoms with Crippen LogP contribution in [0.1, 0.15) is 54.6 Å². The third kappa shape index (κ3) is 3.64. The summed E-state index contributed by atoms with van der Waals surface area (Å²) in [7, 11) is 0. The first kappa shape index (κ1) is 20.0. The van der Waals surface area contributed by atoms with Crippen LogP contribution < -0.4 is 10.6 Å². The standard InChI is InChI=1S/C20H25F3N4O3/c21-20(22,23)16-14(8-24-18(27-16)25-13-1-2-30-9-13)17(28)26-15-11-3-10-4-12(15)7-19(29,5-10)6-11/h8,10-13,15,29H,1-7,9H2,(H,26,28)(H,24,25,27)/t10?,11?,12?,13-,15-,19+/m0/s1. The van der Waals surface area contributed by atoms with Crippen molar-refractivity contribution in [3.05, 3.63) is 17.5 Å². The van der Waals surface area contributed by atoms with Gasteiger partial charge in [-0.15, -0.1) is 0 Å². The van der Waals surface area contributed by atoms with E-state index in [9.17, 15) is 23.1 Å². The van der Waals surface area contributed by atoms with E-state index >= 15 is 0 Å². The Morgan fingerprint density at radius 2 is 1.97 bits per heavy atom. The Kier molecular flexibility index (Phi) is 4.70. The van der Waals surface area contributed by atoms with Gasteiger partial charge in [0.05, 0.1) is 23.8 Å². The molecule has 0 radical (unpaired) electrons. The van der Waals surface area contributed by atoms with Crippen LogP contribution in [0.2, 0.25) is 0 Å². The van der Waals surface area contributed by atoms with Gasteiger partial charge in [0.2, 0.25) is 5.95 Å². The molecule has 7 nitrogen and oxygen atoms in total. The molecule has 10 heteroatoms. The average Bonchev–Trinajstić information content (AvgIpc) is 3.15. The largest absolute Gasteiger partial charge is 0.434 e. The van der Waals surface area contributed by atoms with Crippen LogP contribution in [0.15, 0.2) is 6.20 Å². The molecule has 1 aliphatic heterocycles. The normalized spacial score (nSPS) is 37.4. The van der Waals surface area contributed by atoms with Gasteiger partial charge in [-0.05, 0) is 56.3 Å². The molecule has 2 heterocycles. The molecule has 164 valence electrons. The molecule has 4 aliphatic carbocycles. The van der Waals surface area contributed by atoms with Gasteiger partial charge < -0.3 is 20.5 Å². The highest BCUT2D eigenvalue weighted by Gasteiger charge is 2.55. The summed E-state index contributed by atoms with van der Waals surface area (Å²) in [5.74, 6) is -0.319. The number of halogens is 3. The first-order valence-corrected chi connectivity index (χ1v) is 10.5. The molecule has 5 fully saturated rings. The van der Waals surface area contributed by atoms with Gasteiger partial charge in [-0.2, -0.15) is 13.2 Å². The lowest BCUT2D eigenvalue weighted by molar-refractivity contribution is -0.141. The molecule has 1 aromatic rings. The van der Waals surface area contributed by atoms with Crippen molar-refractivity contribution in [2.45, 2.75) is 62.4 Å². The van der Waals surface area contributed by atoms with Crippen LogP contribution >= 0.6 is 0 Å². The Labute approximate surface area is 171 Å². The van der Waals surface area contributed by atoms with Gasteiger partial charge in [-0.25, -0.2) is 9.97 Å². The lowest BCUT2D eigenvalue weighted by atomic mass is 9.52. The van der Waals surface area contributed by atoms with Crippen molar-refractivity contribution in [3.63, 3.8) is 0 Å². The predicted octanol–water partition coefficient (Wildman–Crippen LogP) is 2.37. The highest BCUT2D eigenvalue weighted by Crippen LogP contribution is 2.55. The highest BCUT2D eigenvalue weighted by molar-refractivity contribution is 5.95. The van der Waals surface area contributed by atoms with Crippen LogP contribution in [-0.4, -0.2) is 51.9 Å². The summed E-state index contributed by atoms with van der Waals surface area (Å²) >= 11 is 0. The van der Waals surface area contributed by atoms with E-state index in [0.717, 1.165) is 25.5 Å². The predicted molar refractivity (Wildman–Crippen MR) is 99.6 cm³/mol.